The fraction of sp³-hybridized carbons (Fsp3) is 0.308. The van der Waals surface area contributed by atoms with Gasteiger partial charge in [-0.15, -0.1) is 10.2 Å². The number of carbonyl (C=O) groups is 1. The molecule has 3 N–H and O–H groups in total. The molecule has 0 saturated heterocycles. The number of thioether (sulfide) groups is 1. The maximum absolute atomic E-state index is 12.2. The lowest BCUT2D eigenvalue weighted by atomic mass is 10.2. The summed E-state index contributed by atoms with van der Waals surface area (Å²) in [6.45, 7) is 3.66. The first-order valence-corrected chi connectivity index (χ1v) is 7.53. The molecule has 0 aliphatic rings. The van der Waals surface area contributed by atoms with Gasteiger partial charge in [0.25, 0.3) is 0 Å². The molecule has 0 aliphatic heterocycles. The van der Waals surface area contributed by atoms with Gasteiger partial charge in [0.05, 0.1) is 5.25 Å². The third kappa shape index (κ3) is 3.48. The Morgan fingerprint density at radius 1 is 1.48 bits per heavy atom. The average Bonchev–Trinajstić information content (AvgIpc) is 2.75. The molecule has 0 unspecified atom stereocenters. The van der Waals surface area contributed by atoms with Crippen molar-refractivity contribution in [3.8, 4) is 0 Å². The minimum Gasteiger partial charge on any atom is -0.368 e. The maximum atomic E-state index is 12.2. The van der Waals surface area contributed by atoms with E-state index >= 15 is 0 Å². The van der Waals surface area contributed by atoms with E-state index in [1.807, 2.05) is 13.0 Å². The predicted octanol–water partition coefficient (Wildman–Crippen LogP) is 2.48. The maximum Gasteiger partial charge on any atom is 0.237 e. The van der Waals surface area contributed by atoms with Crippen LogP contribution < -0.4 is 11.1 Å². The van der Waals surface area contributed by atoms with Crippen molar-refractivity contribution in [3.05, 3.63) is 28.8 Å². The zero-order valence-corrected chi connectivity index (χ0v) is 13.5. The minimum absolute atomic E-state index is 0.132. The van der Waals surface area contributed by atoms with E-state index in [0.717, 1.165) is 5.56 Å². The lowest BCUT2D eigenvalue weighted by Crippen LogP contribution is -2.23. The zero-order valence-electron chi connectivity index (χ0n) is 11.9. The molecule has 0 fully saturated rings. The molecule has 0 radical (unpaired) electrons. The SMILES string of the molecule is Cc1c(Cl)cccc1NC(=O)[C@@H](C)Sc1nnc(N)n1C. The van der Waals surface area contributed by atoms with Gasteiger partial charge < -0.3 is 11.1 Å². The van der Waals surface area contributed by atoms with Crippen LogP contribution in [-0.4, -0.2) is 25.9 Å². The highest BCUT2D eigenvalue weighted by molar-refractivity contribution is 8.00. The Labute approximate surface area is 132 Å². The molecular weight excluding hydrogens is 310 g/mol. The molecular formula is C13H16ClN5OS. The molecule has 2 aromatic rings. The van der Waals surface area contributed by atoms with Gasteiger partial charge >= 0.3 is 0 Å². The lowest BCUT2D eigenvalue weighted by molar-refractivity contribution is -0.115. The predicted molar refractivity (Wildman–Crippen MR) is 85.6 cm³/mol. The summed E-state index contributed by atoms with van der Waals surface area (Å²) >= 11 is 7.33. The van der Waals surface area contributed by atoms with Gasteiger partial charge in [0.1, 0.15) is 0 Å². The fourth-order valence-corrected chi connectivity index (χ4v) is 2.61. The number of amides is 1. The van der Waals surface area contributed by atoms with E-state index in [1.54, 1.807) is 30.7 Å². The molecule has 1 aromatic heterocycles. The summed E-state index contributed by atoms with van der Waals surface area (Å²) in [6.07, 6.45) is 0. The second kappa shape index (κ2) is 6.36. The van der Waals surface area contributed by atoms with Crippen LogP contribution in [0.2, 0.25) is 5.02 Å². The molecule has 1 amide bonds. The first-order chi connectivity index (χ1) is 9.90. The molecule has 0 bridgehead atoms. The molecule has 8 heteroatoms. The van der Waals surface area contributed by atoms with Crippen molar-refractivity contribution in [3.63, 3.8) is 0 Å². The lowest BCUT2D eigenvalue weighted by Gasteiger charge is -2.13. The van der Waals surface area contributed by atoms with Gasteiger partial charge in [0, 0.05) is 17.8 Å². The highest BCUT2D eigenvalue weighted by Gasteiger charge is 2.19. The Hall–Kier alpha value is -1.73. The van der Waals surface area contributed by atoms with Crippen LogP contribution in [0.4, 0.5) is 11.6 Å². The molecule has 0 spiro atoms. The largest absolute Gasteiger partial charge is 0.368 e. The van der Waals surface area contributed by atoms with Crippen LogP contribution in [0.5, 0.6) is 0 Å². The Morgan fingerprint density at radius 3 is 2.81 bits per heavy atom. The highest BCUT2D eigenvalue weighted by Crippen LogP contribution is 2.26. The van der Waals surface area contributed by atoms with Crippen LogP contribution in [0.3, 0.4) is 0 Å². The van der Waals surface area contributed by atoms with Crippen LogP contribution in [0.25, 0.3) is 0 Å². The van der Waals surface area contributed by atoms with Gasteiger partial charge in [0.15, 0.2) is 5.16 Å². The minimum atomic E-state index is -0.342. The van der Waals surface area contributed by atoms with Crippen molar-refractivity contribution in [1.29, 1.82) is 0 Å². The monoisotopic (exact) mass is 325 g/mol. The topological polar surface area (TPSA) is 85.8 Å². The summed E-state index contributed by atoms with van der Waals surface area (Å²) < 4.78 is 1.64. The molecule has 0 aliphatic carbocycles. The molecule has 2 rings (SSSR count). The van der Waals surface area contributed by atoms with E-state index in [1.165, 1.54) is 11.8 Å². The fourth-order valence-electron chi connectivity index (χ4n) is 1.62. The second-order valence-corrected chi connectivity index (χ2v) is 6.28. The number of rotatable bonds is 4. The number of nitrogens with one attached hydrogen (secondary N) is 1. The van der Waals surface area contributed by atoms with Crippen molar-refractivity contribution >= 4 is 40.9 Å². The van der Waals surface area contributed by atoms with Crippen LogP contribution in [-0.2, 0) is 11.8 Å². The van der Waals surface area contributed by atoms with Crippen LogP contribution in [0.15, 0.2) is 23.4 Å². The van der Waals surface area contributed by atoms with E-state index in [0.29, 0.717) is 21.8 Å². The van der Waals surface area contributed by atoms with Crippen LogP contribution in [0.1, 0.15) is 12.5 Å². The third-order valence-electron chi connectivity index (χ3n) is 3.05. The van der Waals surface area contributed by atoms with Gasteiger partial charge in [-0.05, 0) is 31.5 Å². The highest BCUT2D eigenvalue weighted by atomic mass is 35.5. The zero-order chi connectivity index (χ0) is 15.6. The Kier molecular flexibility index (Phi) is 4.74. The van der Waals surface area contributed by atoms with Crippen LogP contribution in [0, 0.1) is 6.92 Å². The Morgan fingerprint density at radius 2 is 2.19 bits per heavy atom. The van der Waals surface area contributed by atoms with E-state index in [4.69, 9.17) is 17.3 Å². The van der Waals surface area contributed by atoms with Crippen molar-refractivity contribution in [2.45, 2.75) is 24.3 Å². The van der Waals surface area contributed by atoms with E-state index in [9.17, 15) is 4.79 Å². The number of halogens is 1. The first kappa shape index (κ1) is 15.7. The molecule has 1 atom stereocenters. The van der Waals surface area contributed by atoms with Gasteiger partial charge in [-0.25, -0.2) is 0 Å². The smallest absolute Gasteiger partial charge is 0.237 e. The first-order valence-electron chi connectivity index (χ1n) is 6.27. The van der Waals surface area contributed by atoms with Crippen LogP contribution >= 0.6 is 23.4 Å². The summed E-state index contributed by atoms with van der Waals surface area (Å²) in [7, 11) is 1.75. The summed E-state index contributed by atoms with van der Waals surface area (Å²) in [4.78, 5) is 12.2. The number of aromatic nitrogens is 3. The Bertz CT molecular complexity index is 673. The van der Waals surface area contributed by atoms with Gasteiger partial charge in [-0.2, -0.15) is 0 Å². The molecule has 112 valence electrons. The number of anilines is 2. The molecule has 1 heterocycles. The number of carbonyl (C=O) groups excluding carboxylic acids is 1. The average molecular weight is 326 g/mol. The van der Waals surface area contributed by atoms with Gasteiger partial charge in [-0.3, -0.25) is 9.36 Å². The summed E-state index contributed by atoms with van der Waals surface area (Å²) in [5.74, 6) is 0.183. The van der Waals surface area contributed by atoms with Crippen molar-refractivity contribution in [2.75, 3.05) is 11.1 Å². The summed E-state index contributed by atoms with van der Waals surface area (Å²) in [5.41, 5.74) is 7.16. The molecule has 0 saturated carbocycles. The van der Waals surface area contributed by atoms with Gasteiger partial charge in [-0.1, -0.05) is 29.4 Å². The number of nitrogens with zero attached hydrogens (tertiary/aromatic N) is 3. The summed E-state index contributed by atoms with van der Waals surface area (Å²) in [5, 5.41) is 11.4. The van der Waals surface area contributed by atoms with Crippen molar-refractivity contribution in [2.24, 2.45) is 7.05 Å². The normalized spacial score (nSPS) is 12.2. The van der Waals surface area contributed by atoms with Crippen molar-refractivity contribution < 1.29 is 4.79 Å². The van der Waals surface area contributed by atoms with E-state index < -0.39 is 0 Å². The van der Waals surface area contributed by atoms with E-state index in [-0.39, 0.29) is 11.2 Å². The standard InChI is InChI=1S/C13H16ClN5OS/c1-7-9(14)5-4-6-10(7)16-11(20)8(2)21-13-18-17-12(15)19(13)3/h4-6,8H,1-3H3,(H2,15,17)(H,16,20)/t8-/m1/s1. The number of hydrogen-bond donors (Lipinski definition) is 2. The van der Waals surface area contributed by atoms with E-state index in [2.05, 4.69) is 15.5 Å². The summed E-state index contributed by atoms with van der Waals surface area (Å²) in [6, 6.07) is 5.40. The molecule has 1 aromatic carbocycles. The number of nitrogens with two attached hydrogens (primary N) is 1. The van der Waals surface area contributed by atoms with Gasteiger partial charge in [0.2, 0.25) is 11.9 Å². The second-order valence-electron chi connectivity index (χ2n) is 4.56. The number of nitrogen functional groups attached to an aromatic ring is 1. The number of benzene rings is 1. The van der Waals surface area contributed by atoms with Crippen molar-refractivity contribution in [1.82, 2.24) is 14.8 Å². The number of hydrogen-bond acceptors (Lipinski definition) is 5. The molecule has 6 nitrogen and oxygen atoms in total. The Balaban J connectivity index is 2.06. The molecule has 21 heavy (non-hydrogen) atoms. The quantitative estimate of drug-likeness (QED) is 0.843. The third-order valence-corrected chi connectivity index (χ3v) is 4.59.